The van der Waals surface area contributed by atoms with Crippen molar-refractivity contribution < 1.29 is 19.4 Å². The molecule has 122 valence electrons. The Morgan fingerprint density at radius 1 is 1.43 bits per heavy atom. The average molecular weight is 334 g/mol. The number of thioether (sulfide) groups is 1. The number of rotatable bonds is 7. The van der Waals surface area contributed by atoms with Crippen LogP contribution in [0.5, 0.6) is 5.75 Å². The molecule has 0 radical (unpaired) electrons. The molecule has 2 rings (SSSR count). The van der Waals surface area contributed by atoms with E-state index in [9.17, 15) is 14.7 Å². The number of carbonyl (C=O) groups excluding carboxylic acids is 2. The van der Waals surface area contributed by atoms with Crippen molar-refractivity contribution in [1.29, 1.82) is 0 Å². The summed E-state index contributed by atoms with van der Waals surface area (Å²) in [4.78, 5) is 22.0. The maximum atomic E-state index is 11.5. The summed E-state index contributed by atoms with van der Waals surface area (Å²) in [6.45, 7) is 2.71. The van der Waals surface area contributed by atoms with Crippen molar-refractivity contribution in [3.05, 3.63) is 29.8 Å². The van der Waals surface area contributed by atoms with E-state index in [2.05, 4.69) is 15.5 Å². The molecule has 0 unspecified atom stereocenters. The quantitative estimate of drug-likeness (QED) is 0.579. The summed E-state index contributed by atoms with van der Waals surface area (Å²) < 4.78 is 5.48. The van der Waals surface area contributed by atoms with Crippen molar-refractivity contribution in [2.45, 2.75) is 25.0 Å². The fraction of sp³-hybridized carbons (Fsp3) is 0.333. The van der Waals surface area contributed by atoms with E-state index in [0.29, 0.717) is 6.61 Å². The number of hydrogen-bond acceptors (Lipinski definition) is 7. The zero-order valence-electron chi connectivity index (χ0n) is 12.5. The summed E-state index contributed by atoms with van der Waals surface area (Å²) >= 11 is 1.03. The fourth-order valence-electron chi connectivity index (χ4n) is 1.76. The van der Waals surface area contributed by atoms with Crippen LogP contribution in [0.4, 0.5) is 0 Å². The van der Waals surface area contributed by atoms with Crippen LogP contribution in [0, 0.1) is 0 Å². The maximum absolute atomic E-state index is 11.5. The molecule has 1 amide bonds. The number of nitrogens with one attached hydrogen (secondary N) is 1. The smallest absolute Gasteiger partial charge is 0.239 e. The van der Waals surface area contributed by atoms with Gasteiger partial charge in [0.25, 0.3) is 0 Å². The van der Waals surface area contributed by atoms with Gasteiger partial charge in [0.1, 0.15) is 5.75 Å². The molecular weight excluding hydrogens is 318 g/mol. The summed E-state index contributed by atoms with van der Waals surface area (Å²) in [5.74, 6) is -0.877. The van der Waals surface area contributed by atoms with Gasteiger partial charge >= 0.3 is 0 Å². The second-order valence-electron chi connectivity index (χ2n) is 4.74. The lowest BCUT2D eigenvalue weighted by atomic mass is 10.2. The number of amidine groups is 1. The van der Waals surface area contributed by atoms with Gasteiger partial charge < -0.3 is 20.0 Å². The zero-order valence-corrected chi connectivity index (χ0v) is 13.3. The first kappa shape index (κ1) is 17.0. The molecule has 1 N–H and O–H groups in total. The van der Waals surface area contributed by atoms with Gasteiger partial charge in [-0.05, 0) is 36.2 Å². The van der Waals surface area contributed by atoms with E-state index in [1.165, 1.54) is 6.21 Å². The van der Waals surface area contributed by atoms with Crippen LogP contribution in [0.25, 0.3) is 0 Å². The van der Waals surface area contributed by atoms with E-state index < -0.39 is 17.1 Å². The number of hydrogen-bond donors (Lipinski definition) is 1. The first-order valence-corrected chi connectivity index (χ1v) is 7.97. The highest BCUT2D eigenvalue weighted by Gasteiger charge is 2.30. The Bertz CT molecular complexity index is 628. The number of amides is 1. The second-order valence-corrected chi connectivity index (χ2v) is 5.93. The Balaban J connectivity index is 1.90. The minimum absolute atomic E-state index is 0.278. The maximum Gasteiger partial charge on any atom is 0.239 e. The van der Waals surface area contributed by atoms with Gasteiger partial charge in [0.2, 0.25) is 5.91 Å². The molecule has 23 heavy (non-hydrogen) atoms. The van der Waals surface area contributed by atoms with Gasteiger partial charge in [-0.1, -0.05) is 18.7 Å². The highest BCUT2D eigenvalue weighted by Crippen LogP contribution is 2.22. The lowest BCUT2D eigenvalue weighted by Crippen LogP contribution is -2.31. The van der Waals surface area contributed by atoms with Gasteiger partial charge in [-0.15, -0.1) is 5.10 Å². The predicted octanol–water partition coefficient (Wildman–Crippen LogP) is 0.537. The summed E-state index contributed by atoms with van der Waals surface area (Å²) in [7, 11) is 0. The highest BCUT2D eigenvalue weighted by molar-refractivity contribution is 8.15. The van der Waals surface area contributed by atoms with Crippen LogP contribution in [0.3, 0.4) is 0 Å². The predicted molar refractivity (Wildman–Crippen MR) is 86.4 cm³/mol. The number of benzene rings is 1. The molecule has 1 saturated heterocycles. The zero-order chi connectivity index (χ0) is 16.7. The molecule has 0 aromatic heterocycles. The number of aliphatic carboxylic acids is 1. The van der Waals surface area contributed by atoms with Gasteiger partial charge in [0.05, 0.1) is 18.1 Å². The number of nitrogens with zero attached hydrogens (tertiary/aromatic N) is 2. The van der Waals surface area contributed by atoms with Crippen molar-refractivity contribution in [2.24, 2.45) is 10.2 Å². The third-order valence-corrected chi connectivity index (χ3v) is 3.91. The van der Waals surface area contributed by atoms with Crippen molar-refractivity contribution in [2.75, 3.05) is 6.61 Å². The topological polar surface area (TPSA) is 103 Å². The molecule has 7 nitrogen and oxygen atoms in total. The van der Waals surface area contributed by atoms with E-state index >= 15 is 0 Å². The van der Waals surface area contributed by atoms with E-state index in [0.717, 1.165) is 29.5 Å². The minimum Gasteiger partial charge on any atom is -0.550 e. The molecule has 1 aromatic rings. The SMILES string of the molecule is CCCOc1ccc(/C=N\N=C2\NC(=O)[C@@H](CC(=O)[O-])S2)cc1. The van der Waals surface area contributed by atoms with E-state index in [-0.39, 0.29) is 11.6 Å². The Hall–Kier alpha value is -2.35. The van der Waals surface area contributed by atoms with Gasteiger partial charge in [-0.2, -0.15) is 5.10 Å². The van der Waals surface area contributed by atoms with Crippen molar-refractivity contribution in [3.8, 4) is 5.75 Å². The van der Waals surface area contributed by atoms with Crippen molar-refractivity contribution in [1.82, 2.24) is 5.32 Å². The lowest BCUT2D eigenvalue weighted by Gasteiger charge is -2.04. The molecule has 0 saturated carbocycles. The molecular formula is C15H16N3O4S-. The summed E-state index contributed by atoms with van der Waals surface area (Å²) in [6, 6.07) is 7.36. The van der Waals surface area contributed by atoms with Crippen LogP contribution in [0.1, 0.15) is 25.3 Å². The molecule has 0 bridgehead atoms. The van der Waals surface area contributed by atoms with Crippen molar-refractivity contribution >= 4 is 35.0 Å². The van der Waals surface area contributed by atoms with Crippen LogP contribution in [0.2, 0.25) is 0 Å². The molecule has 0 aliphatic carbocycles. The Kier molecular flexibility index (Phi) is 6.16. The molecule has 8 heteroatoms. The number of carbonyl (C=O) groups is 2. The fourth-order valence-corrected chi connectivity index (χ4v) is 2.66. The largest absolute Gasteiger partial charge is 0.550 e. The van der Waals surface area contributed by atoms with Gasteiger partial charge in [-0.25, -0.2) is 0 Å². The van der Waals surface area contributed by atoms with Crippen LogP contribution in [0.15, 0.2) is 34.5 Å². The van der Waals surface area contributed by atoms with Crippen LogP contribution < -0.4 is 15.2 Å². The first-order chi connectivity index (χ1) is 11.1. The highest BCUT2D eigenvalue weighted by atomic mass is 32.2. The molecule has 1 aliphatic rings. The number of carboxylic acids is 1. The molecule has 1 heterocycles. The second kappa shape index (κ2) is 8.33. The molecule has 1 atom stereocenters. The molecule has 1 aliphatic heterocycles. The van der Waals surface area contributed by atoms with Gasteiger partial charge in [0, 0.05) is 12.4 Å². The van der Waals surface area contributed by atoms with E-state index in [1.54, 1.807) is 0 Å². The average Bonchev–Trinajstić information content (AvgIpc) is 2.86. The standard InChI is InChI=1S/C15H17N3O4S/c1-2-7-22-11-5-3-10(4-6-11)9-16-18-15-17-14(21)12(23-15)8-13(19)20/h3-6,9,12H,2,7-8H2,1H3,(H,19,20)(H,17,18,21)/p-1/b16-9-/t12-/m1/s1. The number of ether oxygens (including phenoxy) is 1. The molecule has 1 fully saturated rings. The van der Waals surface area contributed by atoms with Crippen LogP contribution in [-0.4, -0.2) is 35.1 Å². The van der Waals surface area contributed by atoms with E-state index in [4.69, 9.17) is 4.74 Å². The summed E-state index contributed by atoms with van der Waals surface area (Å²) in [5.41, 5.74) is 0.832. The normalized spacial score (nSPS) is 19.3. The van der Waals surface area contributed by atoms with Crippen molar-refractivity contribution in [3.63, 3.8) is 0 Å². The Morgan fingerprint density at radius 2 is 2.17 bits per heavy atom. The summed E-state index contributed by atoms with van der Waals surface area (Å²) in [5, 5.41) is 20.3. The van der Waals surface area contributed by atoms with Crippen LogP contribution in [-0.2, 0) is 9.59 Å². The summed E-state index contributed by atoms with van der Waals surface area (Å²) in [6.07, 6.45) is 2.14. The third kappa shape index (κ3) is 5.41. The third-order valence-electron chi connectivity index (χ3n) is 2.84. The van der Waals surface area contributed by atoms with Gasteiger partial charge in [-0.3, -0.25) is 4.79 Å². The molecule has 0 spiro atoms. The monoisotopic (exact) mass is 334 g/mol. The molecule has 1 aromatic carbocycles. The lowest BCUT2D eigenvalue weighted by molar-refractivity contribution is -0.305. The number of carboxylic acid groups (broad SMARTS) is 1. The Morgan fingerprint density at radius 3 is 2.83 bits per heavy atom. The van der Waals surface area contributed by atoms with Crippen LogP contribution >= 0.6 is 11.8 Å². The first-order valence-electron chi connectivity index (χ1n) is 7.09. The van der Waals surface area contributed by atoms with Gasteiger partial charge in [0.15, 0.2) is 5.17 Å². The van der Waals surface area contributed by atoms with E-state index in [1.807, 2.05) is 31.2 Å². The minimum atomic E-state index is -1.27. The Labute approximate surface area is 137 Å².